The van der Waals surface area contributed by atoms with E-state index in [9.17, 15) is 18.8 Å². The van der Waals surface area contributed by atoms with Crippen LogP contribution < -0.4 is 10.9 Å². The lowest BCUT2D eigenvalue weighted by Crippen LogP contribution is -2.27. The molecule has 0 aliphatic rings. The van der Waals surface area contributed by atoms with Gasteiger partial charge < -0.3 is 10.1 Å². The molecule has 0 fully saturated rings. The summed E-state index contributed by atoms with van der Waals surface area (Å²) in [7, 11) is 0. The van der Waals surface area contributed by atoms with Crippen LogP contribution in [0.25, 0.3) is 5.69 Å². The molecule has 0 spiro atoms. The molecule has 0 aliphatic carbocycles. The average molecular weight is 381 g/mol. The van der Waals surface area contributed by atoms with Gasteiger partial charge in [-0.2, -0.15) is 9.78 Å². The number of nitrogens with one attached hydrogen (secondary N) is 1. The largest absolute Gasteiger partial charge is 0.461 e. The van der Waals surface area contributed by atoms with Crippen LogP contribution in [0.3, 0.4) is 0 Å². The topological polar surface area (TPSA) is 90.3 Å². The van der Waals surface area contributed by atoms with E-state index in [0.717, 1.165) is 16.8 Å². The van der Waals surface area contributed by atoms with Crippen molar-refractivity contribution in [3.63, 3.8) is 0 Å². The zero-order valence-corrected chi connectivity index (χ0v) is 14.9. The molecule has 3 aromatic rings. The van der Waals surface area contributed by atoms with Gasteiger partial charge in [-0.05, 0) is 31.2 Å². The summed E-state index contributed by atoms with van der Waals surface area (Å²) in [6.07, 6.45) is 0. The van der Waals surface area contributed by atoms with Crippen LogP contribution in [0.4, 0.5) is 10.1 Å². The highest BCUT2D eigenvalue weighted by Crippen LogP contribution is 2.16. The lowest BCUT2D eigenvalue weighted by molar-refractivity contribution is 0.0518. The lowest BCUT2D eigenvalue weighted by Gasteiger charge is -2.12. The number of aromatic nitrogens is 2. The van der Waals surface area contributed by atoms with Gasteiger partial charge in [-0.1, -0.05) is 30.3 Å². The molecule has 1 N–H and O–H groups in total. The van der Waals surface area contributed by atoms with Crippen LogP contribution in [0.15, 0.2) is 65.5 Å². The Kier molecular flexibility index (Phi) is 5.59. The highest BCUT2D eigenvalue weighted by Gasteiger charge is 2.21. The number of benzene rings is 2. The third-order valence-electron chi connectivity index (χ3n) is 3.77. The van der Waals surface area contributed by atoms with E-state index in [1.54, 1.807) is 37.3 Å². The van der Waals surface area contributed by atoms with E-state index in [0.29, 0.717) is 5.69 Å². The van der Waals surface area contributed by atoms with E-state index in [-0.39, 0.29) is 23.6 Å². The summed E-state index contributed by atoms with van der Waals surface area (Å²) in [6, 6.07) is 14.9. The SMILES string of the molecule is CCOC(=O)c1nn(-c2ccccc2)c(=O)cc1NC(=O)c1ccccc1F. The number of amides is 1. The third-order valence-corrected chi connectivity index (χ3v) is 3.77. The van der Waals surface area contributed by atoms with Crippen molar-refractivity contribution in [3.8, 4) is 5.69 Å². The minimum atomic E-state index is -0.823. The summed E-state index contributed by atoms with van der Waals surface area (Å²) in [4.78, 5) is 37.2. The number of halogens is 1. The van der Waals surface area contributed by atoms with E-state index in [4.69, 9.17) is 4.74 Å². The Morgan fingerprint density at radius 3 is 2.46 bits per heavy atom. The maximum absolute atomic E-state index is 13.9. The molecule has 142 valence electrons. The van der Waals surface area contributed by atoms with Crippen LogP contribution in [0.2, 0.25) is 0 Å². The zero-order valence-electron chi connectivity index (χ0n) is 14.9. The molecule has 28 heavy (non-hydrogen) atoms. The Bertz CT molecular complexity index is 1080. The van der Waals surface area contributed by atoms with Crippen molar-refractivity contribution < 1.29 is 18.7 Å². The quantitative estimate of drug-likeness (QED) is 0.687. The number of para-hydroxylation sites is 1. The standard InChI is InChI=1S/C20H16FN3O4/c1-2-28-20(27)18-16(22-19(26)14-10-6-7-11-15(14)21)12-17(25)24(23-18)13-8-4-3-5-9-13/h3-12H,2H2,1H3,(H,22,26). The second kappa shape index (κ2) is 8.26. The second-order valence-corrected chi connectivity index (χ2v) is 5.65. The van der Waals surface area contributed by atoms with E-state index in [1.807, 2.05) is 0 Å². The number of ether oxygens (including phenoxy) is 1. The number of carbonyl (C=O) groups is 2. The van der Waals surface area contributed by atoms with Crippen LogP contribution >= 0.6 is 0 Å². The highest BCUT2D eigenvalue weighted by molar-refractivity contribution is 6.07. The van der Waals surface area contributed by atoms with Crippen molar-refractivity contribution in [2.75, 3.05) is 11.9 Å². The molecule has 0 atom stereocenters. The highest BCUT2D eigenvalue weighted by atomic mass is 19.1. The van der Waals surface area contributed by atoms with Crippen LogP contribution in [-0.2, 0) is 4.74 Å². The molecule has 7 nitrogen and oxygen atoms in total. The number of rotatable bonds is 5. The van der Waals surface area contributed by atoms with Gasteiger partial charge >= 0.3 is 5.97 Å². The van der Waals surface area contributed by atoms with Crippen LogP contribution in [-0.4, -0.2) is 28.3 Å². The van der Waals surface area contributed by atoms with Crippen LogP contribution in [0.1, 0.15) is 27.8 Å². The van der Waals surface area contributed by atoms with E-state index in [1.165, 1.54) is 18.2 Å². The molecule has 0 radical (unpaired) electrons. The molecule has 2 aromatic carbocycles. The van der Waals surface area contributed by atoms with Gasteiger partial charge in [-0.15, -0.1) is 0 Å². The molecule has 0 saturated heterocycles. The molecule has 3 rings (SSSR count). The van der Waals surface area contributed by atoms with E-state index < -0.39 is 23.3 Å². The number of anilines is 1. The summed E-state index contributed by atoms with van der Waals surface area (Å²) in [6.45, 7) is 1.69. The Hall–Kier alpha value is -3.81. The molecule has 1 aromatic heterocycles. The summed E-state index contributed by atoms with van der Waals surface area (Å²) in [5.41, 5.74) is -0.809. The fraction of sp³-hybridized carbons (Fsp3) is 0.100. The van der Waals surface area contributed by atoms with Gasteiger partial charge in [0.1, 0.15) is 5.82 Å². The fourth-order valence-electron chi connectivity index (χ4n) is 2.49. The first-order valence-electron chi connectivity index (χ1n) is 8.44. The van der Waals surface area contributed by atoms with Gasteiger partial charge in [-0.25, -0.2) is 9.18 Å². The summed E-state index contributed by atoms with van der Waals surface area (Å²) in [5, 5.41) is 6.42. The number of nitrogens with zero attached hydrogens (tertiary/aromatic N) is 2. The number of hydrogen-bond acceptors (Lipinski definition) is 5. The van der Waals surface area contributed by atoms with Crippen molar-refractivity contribution in [1.82, 2.24) is 9.78 Å². The number of hydrogen-bond donors (Lipinski definition) is 1. The first kappa shape index (κ1) is 19.0. The zero-order chi connectivity index (χ0) is 20.1. The van der Waals surface area contributed by atoms with Crippen molar-refractivity contribution in [2.24, 2.45) is 0 Å². The summed E-state index contributed by atoms with van der Waals surface area (Å²) >= 11 is 0. The predicted molar refractivity (Wildman–Crippen MR) is 100 cm³/mol. The predicted octanol–water partition coefficient (Wildman–Crippen LogP) is 2.80. The van der Waals surface area contributed by atoms with E-state index in [2.05, 4.69) is 10.4 Å². The van der Waals surface area contributed by atoms with Crippen molar-refractivity contribution >= 4 is 17.6 Å². The van der Waals surface area contributed by atoms with Gasteiger partial charge in [0.05, 0.1) is 23.5 Å². The Morgan fingerprint density at radius 1 is 1.11 bits per heavy atom. The second-order valence-electron chi connectivity index (χ2n) is 5.65. The molecule has 8 heteroatoms. The molecule has 1 heterocycles. The summed E-state index contributed by atoms with van der Waals surface area (Å²) < 4.78 is 19.8. The summed E-state index contributed by atoms with van der Waals surface area (Å²) in [5.74, 6) is -2.37. The van der Waals surface area contributed by atoms with Crippen LogP contribution in [0, 0.1) is 5.82 Å². The monoisotopic (exact) mass is 381 g/mol. The molecule has 0 saturated carbocycles. The Labute approximate surface area is 159 Å². The minimum absolute atomic E-state index is 0.0751. The average Bonchev–Trinajstić information content (AvgIpc) is 2.69. The van der Waals surface area contributed by atoms with Gasteiger partial charge in [0, 0.05) is 6.07 Å². The Balaban J connectivity index is 2.06. The fourth-order valence-corrected chi connectivity index (χ4v) is 2.49. The van der Waals surface area contributed by atoms with Gasteiger partial charge in [0.25, 0.3) is 11.5 Å². The third kappa shape index (κ3) is 3.96. The molecule has 0 unspecified atom stereocenters. The maximum Gasteiger partial charge on any atom is 0.360 e. The molecular formula is C20H16FN3O4. The molecule has 0 aliphatic heterocycles. The van der Waals surface area contributed by atoms with Crippen LogP contribution in [0.5, 0.6) is 0 Å². The number of esters is 1. The number of carbonyl (C=O) groups excluding carboxylic acids is 2. The Morgan fingerprint density at radius 2 is 1.79 bits per heavy atom. The van der Waals surface area contributed by atoms with E-state index >= 15 is 0 Å². The normalized spacial score (nSPS) is 10.4. The molecular weight excluding hydrogens is 365 g/mol. The minimum Gasteiger partial charge on any atom is -0.461 e. The first-order valence-corrected chi connectivity index (χ1v) is 8.44. The van der Waals surface area contributed by atoms with Gasteiger partial charge in [0.15, 0.2) is 5.69 Å². The molecule has 1 amide bonds. The first-order chi connectivity index (χ1) is 13.5. The van der Waals surface area contributed by atoms with Crippen molar-refractivity contribution in [3.05, 3.63) is 88.1 Å². The maximum atomic E-state index is 13.9. The van der Waals surface area contributed by atoms with Crippen molar-refractivity contribution in [1.29, 1.82) is 0 Å². The smallest absolute Gasteiger partial charge is 0.360 e. The van der Waals surface area contributed by atoms with Gasteiger partial charge in [-0.3, -0.25) is 9.59 Å². The molecule has 0 bridgehead atoms. The van der Waals surface area contributed by atoms with Gasteiger partial charge in [0.2, 0.25) is 0 Å². The lowest BCUT2D eigenvalue weighted by atomic mass is 10.2. The van der Waals surface area contributed by atoms with Crippen molar-refractivity contribution in [2.45, 2.75) is 6.92 Å².